The molecule has 0 aliphatic carbocycles. The third kappa shape index (κ3) is 2.92. The largest absolute Gasteiger partial charge is 0.354 e. The molecule has 1 N–H and O–H groups in total. The van der Waals surface area contributed by atoms with Crippen molar-refractivity contribution in [2.45, 2.75) is 0 Å². The predicted molar refractivity (Wildman–Crippen MR) is 78.6 cm³/mol. The molecule has 2 nitrogen and oxygen atoms in total. The van der Waals surface area contributed by atoms with Crippen molar-refractivity contribution < 1.29 is 4.39 Å². The zero-order chi connectivity index (χ0) is 13.1. The van der Waals surface area contributed by atoms with Crippen LogP contribution in [0.2, 0.25) is 5.02 Å². The molecule has 0 heterocycles. The van der Waals surface area contributed by atoms with Crippen molar-refractivity contribution in [3.8, 4) is 6.07 Å². The summed E-state index contributed by atoms with van der Waals surface area (Å²) >= 11 is 8.22. The van der Waals surface area contributed by atoms with E-state index in [1.807, 2.05) is 18.2 Å². The van der Waals surface area contributed by atoms with Gasteiger partial charge in [0.25, 0.3) is 0 Å². The van der Waals surface area contributed by atoms with Gasteiger partial charge in [-0.15, -0.1) is 0 Å². The molecule has 0 aliphatic rings. The summed E-state index contributed by atoms with van der Waals surface area (Å²) in [6, 6.07) is 11.6. The van der Waals surface area contributed by atoms with Gasteiger partial charge in [0, 0.05) is 9.26 Å². The van der Waals surface area contributed by atoms with Gasteiger partial charge in [-0.05, 0) is 59.0 Å². The lowest BCUT2D eigenvalue weighted by molar-refractivity contribution is 0.624. The Kier molecular flexibility index (Phi) is 4.04. The second-order valence-corrected chi connectivity index (χ2v) is 5.21. The highest BCUT2D eigenvalue weighted by Crippen LogP contribution is 2.27. The molecule has 2 rings (SSSR count). The fraction of sp³-hybridized carbons (Fsp3) is 0. The number of benzene rings is 2. The van der Waals surface area contributed by atoms with Crippen LogP contribution in [0.3, 0.4) is 0 Å². The molecule has 90 valence electrons. The van der Waals surface area contributed by atoms with Gasteiger partial charge in [-0.25, -0.2) is 4.39 Å². The Balaban J connectivity index is 2.29. The standard InChI is InChI=1S/C13H7ClFIN2/c14-11-5-9(16)2-4-13(11)18-10-3-1-8(7-17)12(15)6-10/h1-6,18H. The van der Waals surface area contributed by atoms with E-state index in [9.17, 15) is 4.39 Å². The van der Waals surface area contributed by atoms with Crippen LogP contribution in [-0.2, 0) is 0 Å². The maximum atomic E-state index is 13.4. The Labute approximate surface area is 123 Å². The zero-order valence-electron chi connectivity index (χ0n) is 9.05. The molecule has 0 aliphatic heterocycles. The van der Waals surface area contributed by atoms with E-state index < -0.39 is 5.82 Å². The van der Waals surface area contributed by atoms with E-state index in [1.54, 1.807) is 12.1 Å². The second-order valence-electron chi connectivity index (χ2n) is 3.56. The SMILES string of the molecule is N#Cc1ccc(Nc2ccc(I)cc2Cl)cc1F. The molecule has 0 saturated heterocycles. The molecule has 0 spiro atoms. The van der Waals surface area contributed by atoms with Crippen LogP contribution in [0.15, 0.2) is 36.4 Å². The summed E-state index contributed by atoms with van der Waals surface area (Å²) in [4.78, 5) is 0. The minimum atomic E-state index is -0.552. The van der Waals surface area contributed by atoms with Crippen molar-refractivity contribution in [3.63, 3.8) is 0 Å². The summed E-state index contributed by atoms with van der Waals surface area (Å²) in [5, 5.41) is 12.2. The molecule has 0 fully saturated rings. The maximum absolute atomic E-state index is 13.4. The molecule has 0 amide bonds. The summed E-state index contributed by atoms with van der Waals surface area (Å²) in [7, 11) is 0. The Hall–Kier alpha value is -1.32. The Morgan fingerprint density at radius 1 is 1.22 bits per heavy atom. The molecule has 0 aromatic heterocycles. The van der Waals surface area contributed by atoms with Crippen LogP contribution in [-0.4, -0.2) is 0 Å². The first-order chi connectivity index (χ1) is 8.60. The lowest BCUT2D eigenvalue weighted by Gasteiger charge is -2.09. The van der Waals surface area contributed by atoms with E-state index in [0.717, 1.165) is 3.57 Å². The number of rotatable bonds is 2. The number of nitriles is 1. The van der Waals surface area contributed by atoms with Crippen LogP contribution < -0.4 is 5.32 Å². The van der Waals surface area contributed by atoms with Gasteiger partial charge in [-0.3, -0.25) is 0 Å². The van der Waals surface area contributed by atoms with Gasteiger partial charge in [-0.2, -0.15) is 5.26 Å². The third-order valence-corrected chi connectivity index (χ3v) is 3.28. The molecule has 0 saturated carbocycles. The summed E-state index contributed by atoms with van der Waals surface area (Å²) in [6.07, 6.45) is 0. The number of halogens is 3. The van der Waals surface area contributed by atoms with E-state index in [4.69, 9.17) is 16.9 Å². The van der Waals surface area contributed by atoms with Crippen molar-refractivity contribution in [2.75, 3.05) is 5.32 Å². The molecule has 18 heavy (non-hydrogen) atoms. The molecule has 0 radical (unpaired) electrons. The van der Waals surface area contributed by atoms with Crippen molar-refractivity contribution in [1.82, 2.24) is 0 Å². The lowest BCUT2D eigenvalue weighted by atomic mass is 10.2. The monoisotopic (exact) mass is 372 g/mol. The van der Waals surface area contributed by atoms with Crippen LogP contribution in [0, 0.1) is 20.7 Å². The van der Waals surface area contributed by atoms with E-state index in [-0.39, 0.29) is 5.56 Å². The van der Waals surface area contributed by atoms with Crippen LogP contribution in [0.4, 0.5) is 15.8 Å². The zero-order valence-corrected chi connectivity index (χ0v) is 12.0. The second kappa shape index (κ2) is 5.55. The Bertz CT molecular complexity index is 637. The maximum Gasteiger partial charge on any atom is 0.143 e. The predicted octanol–water partition coefficient (Wildman–Crippen LogP) is 4.70. The Morgan fingerprint density at radius 3 is 2.61 bits per heavy atom. The molecular weight excluding hydrogens is 366 g/mol. The molecule has 0 bridgehead atoms. The van der Waals surface area contributed by atoms with Crippen molar-refractivity contribution in [2.24, 2.45) is 0 Å². The number of hydrogen-bond acceptors (Lipinski definition) is 2. The van der Waals surface area contributed by atoms with E-state index in [2.05, 4.69) is 27.9 Å². The van der Waals surface area contributed by atoms with Gasteiger partial charge in [-0.1, -0.05) is 11.6 Å². The summed E-state index contributed by atoms with van der Waals surface area (Å²) in [6.45, 7) is 0. The van der Waals surface area contributed by atoms with Gasteiger partial charge < -0.3 is 5.32 Å². The number of anilines is 2. The van der Waals surface area contributed by atoms with Crippen LogP contribution >= 0.6 is 34.2 Å². The van der Waals surface area contributed by atoms with Crippen molar-refractivity contribution >= 4 is 45.6 Å². The molecule has 2 aromatic carbocycles. The highest BCUT2D eigenvalue weighted by atomic mass is 127. The molecule has 0 atom stereocenters. The van der Waals surface area contributed by atoms with E-state index in [1.165, 1.54) is 12.1 Å². The number of nitrogens with zero attached hydrogens (tertiary/aromatic N) is 1. The Morgan fingerprint density at radius 2 is 2.00 bits per heavy atom. The van der Waals surface area contributed by atoms with E-state index >= 15 is 0 Å². The molecule has 0 unspecified atom stereocenters. The number of hydrogen-bond donors (Lipinski definition) is 1. The lowest BCUT2D eigenvalue weighted by Crippen LogP contribution is -1.93. The summed E-state index contributed by atoms with van der Waals surface area (Å²) in [5.41, 5.74) is 1.27. The topological polar surface area (TPSA) is 35.8 Å². The highest BCUT2D eigenvalue weighted by molar-refractivity contribution is 14.1. The fourth-order valence-electron chi connectivity index (χ4n) is 1.43. The first-order valence-electron chi connectivity index (χ1n) is 5.02. The first-order valence-corrected chi connectivity index (χ1v) is 6.47. The van der Waals surface area contributed by atoms with Crippen LogP contribution in [0.5, 0.6) is 0 Å². The highest BCUT2D eigenvalue weighted by Gasteiger charge is 2.05. The average molecular weight is 373 g/mol. The third-order valence-electron chi connectivity index (χ3n) is 2.30. The quantitative estimate of drug-likeness (QED) is 0.776. The van der Waals surface area contributed by atoms with Gasteiger partial charge in [0.15, 0.2) is 0 Å². The minimum absolute atomic E-state index is 0.0225. The van der Waals surface area contributed by atoms with Gasteiger partial charge in [0.2, 0.25) is 0 Å². The molecule has 5 heteroatoms. The first kappa shape index (κ1) is 13.1. The summed E-state index contributed by atoms with van der Waals surface area (Å²) < 4.78 is 14.4. The van der Waals surface area contributed by atoms with Crippen molar-refractivity contribution in [3.05, 3.63) is 56.4 Å². The minimum Gasteiger partial charge on any atom is -0.354 e. The van der Waals surface area contributed by atoms with Crippen LogP contribution in [0.1, 0.15) is 5.56 Å². The van der Waals surface area contributed by atoms with Crippen molar-refractivity contribution in [1.29, 1.82) is 5.26 Å². The normalized spacial score (nSPS) is 9.89. The number of nitrogens with one attached hydrogen (secondary N) is 1. The molecular formula is C13H7ClFIN2. The van der Waals surface area contributed by atoms with Gasteiger partial charge >= 0.3 is 0 Å². The smallest absolute Gasteiger partial charge is 0.143 e. The average Bonchev–Trinajstić information content (AvgIpc) is 2.33. The van der Waals surface area contributed by atoms with Gasteiger partial charge in [0.1, 0.15) is 11.9 Å². The summed E-state index contributed by atoms with van der Waals surface area (Å²) in [5.74, 6) is -0.552. The van der Waals surface area contributed by atoms with Crippen LogP contribution in [0.25, 0.3) is 0 Å². The van der Waals surface area contributed by atoms with E-state index in [0.29, 0.717) is 16.4 Å². The van der Waals surface area contributed by atoms with Gasteiger partial charge in [0.05, 0.1) is 16.3 Å². The fourth-order valence-corrected chi connectivity index (χ4v) is 2.33. The molecule has 2 aromatic rings.